The number of esters is 1. The van der Waals surface area contributed by atoms with Crippen LogP contribution >= 0.6 is 22.9 Å². The minimum absolute atomic E-state index is 0.0300. The van der Waals surface area contributed by atoms with E-state index in [4.69, 9.17) is 16.3 Å². The Bertz CT molecular complexity index is 1430. The molecule has 4 rings (SSSR count). The number of nitrogens with zero attached hydrogens (tertiary/aromatic N) is 3. The molecule has 1 aliphatic rings. The van der Waals surface area contributed by atoms with E-state index in [1.54, 1.807) is 29.7 Å². The lowest BCUT2D eigenvalue weighted by atomic mass is 9.99. The number of rotatable bonds is 6. The summed E-state index contributed by atoms with van der Waals surface area (Å²) in [7, 11) is -3.88. The quantitative estimate of drug-likeness (QED) is 0.446. The zero-order valence-electron chi connectivity index (χ0n) is 18.8. The van der Waals surface area contributed by atoms with Gasteiger partial charge in [-0.2, -0.15) is 9.30 Å². The Balaban J connectivity index is 1.63. The normalized spacial score (nSPS) is 17.6. The summed E-state index contributed by atoms with van der Waals surface area (Å²) in [5, 5.41) is 0.508. The molecule has 12 heteroatoms. The molecule has 2 aromatic carbocycles. The molecular weight excluding hydrogens is 517 g/mol. The molecule has 0 aliphatic carbocycles. The molecule has 0 saturated carbocycles. The Kier molecular flexibility index (Phi) is 7.70. The molecule has 2 heterocycles. The van der Waals surface area contributed by atoms with Crippen LogP contribution in [0.15, 0.2) is 52.4 Å². The van der Waals surface area contributed by atoms with E-state index in [9.17, 15) is 22.4 Å². The zero-order valence-corrected chi connectivity index (χ0v) is 21.2. The lowest BCUT2D eigenvalue weighted by molar-refractivity contribution is -0.143. The first-order chi connectivity index (χ1) is 16.7. The topological polar surface area (TPSA) is 98.0 Å². The first-order valence-electron chi connectivity index (χ1n) is 11.0. The maximum absolute atomic E-state index is 13.2. The highest BCUT2D eigenvalue weighted by Crippen LogP contribution is 2.26. The standard InChI is InChI=1S/C23H23ClFN3O5S2/c1-2-33-21(29)14-28-19-10-5-16(24)12-20(19)34-23(28)26-22(30)15-4-3-11-27(13-15)35(31,32)18-8-6-17(25)7-9-18/h5-10,12,15H,2-4,11,13-14H2,1H3. The number of carbonyl (C=O) groups is 2. The van der Waals surface area contributed by atoms with Gasteiger partial charge in [0.15, 0.2) is 4.80 Å². The summed E-state index contributed by atoms with van der Waals surface area (Å²) in [5.41, 5.74) is 0.683. The molecule has 0 radical (unpaired) electrons. The van der Waals surface area contributed by atoms with Crippen molar-refractivity contribution in [1.82, 2.24) is 8.87 Å². The number of benzene rings is 2. The third kappa shape index (κ3) is 5.64. The Hall–Kier alpha value is -2.60. The van der Waals surface area contributed by atoms with Gasteiger partial charge in [-0.25, -0.2) is 12.8 Å². The number of piperidine rings is 1. The highest BCUT2D eigenvalue weighted by atomic mass is 35.5. The maximum Gasteiger partial charge on any atom is 0.326 e. The van der Waals surface area contributed by atoms with Gasteiger partial charge in [-0.1, -0.05) is 22.9 Å². The number of hydrogen-bond acceptors (Lipinski definition) is 6. The summed E-state index contributed by atoms with van der Waals surface area (Å²) in [6.07, 6.45) is 0.962. The molecule has 3 aromatic rings. The van der Waals surface area contributed by atoms with E-state index >= 15 is 0 Å². The van der Waals surface area contributed by atoms with Crippen molar-refractivity contribution in [2.45, 2.75) is 31.2 Å². The number of thiazole rings is 1. The second-order valence-corrected chi connectivity index (χ2v) is 11.4. The average Bonchev–Trinajstić information content (AvgIpc) is 3.15. The van der Waals surface area contributed by atoms with Gasteiger partial charge in [0.1, 0.15) is 12.4 Å². The summed E-state index contributed by atoms with van der Waals surface area (Å²) >= 11 is 7.32. The van der Waals surface area contributed by atoms with Gasteiger partial charge in [-0.05, 0) is 62.2 Å². The second-order valence-electron chi connectivity index (χ2n) is 7.99. The monoisotopic (exact) mass is 539 g/mol. The third-order valence-corrected chi connectivity index (χ3v) is 8.78. The van der Waals surface area contributed by atoms with Crippen molar-refractivity contribution < 1.29 is 27.1 Å². The lowest BCUT2D eigenvalue weighted by Gasteiger charge is -2.30. The largest absolute Gasteiger partial charge is 0.465 e. The molecular formula is C23H23ClFN3O5S2. The van der Waals surface area contributed by atoms with Crippen LogP contribution in [-0.4, -0.2) is 48.9 Å². The van der Waals surface area contributed by atoms with E-state index in [-0.39, 0.29) is 31.1 Å². The van der Waals surface area contributed by atoms with E-state index in [2.05, 4.69) is 4.99 Å². The third-order valence-electron chi connectivity index (χ3n) is 5.63. The zero-order chi connectivity index (χ0) is 25.2. The van der Waals surface area contributed by atoms with Crippen molar-refractivity contribution in [3.05, 3.63) is 58.1 Å². The van der Waals surface area contributed by atoms with Gasteiger partial charge in [0, 0.05) is 18.1 Å². The highest BCUT2D eigenvalue weighted by Gasteiger charge is 2.33. The summed E-state index contributed by atoms with van der Waals surface area (Å²) in [6, 6.07) is 9.75. The molecule has 1 unspecified atom stereocenters. The molecule has 1 saturated heterocycles. The van der Waals surface area contributed by atoms with E-state index in [0.29, 0.717) is 28.2 Å². The van der Waals surface area contributed by atoms with Crippen molar-refractivity contribution in [1.29, 1.82) is 0 Å². The van der Waals surface area contributed by atoms with Gasteiger partial charge in [0.2, 0.25) is 10.0 Å². The molecule has 0 spiro atoms. The van der Waals surface area contributed by atoms with Crippen LogP contribution in [0.5, 0.6) is 0 Å². The number of halogens is 2. The van der Waals surface area contributed by atoms with Gasteiger partial charge in [0.25, 0.3) is 5.91 Å². The van der Waals surface area contributed by atoms with Crippen LogP contribution in [0.1, 0.15) is 19.8 Å². The number of amides is 1. The van der Waals surface area contributed by atoms with Crippen molar-refractivity contribution in [2.75, 3.05) is 19.7 Å². The number of carbonyl (C=O) groups excluding carboxylic acids is 2. The van der Waals surface area contributed by atoms with Crippen LogP contribution in [0.4, 0.5) is 4.39 Å². The summed E-state index contributed by atoms with van der Waals surface area (Å²) in [4.78, 5) is 29.9. The van der Waals surface area contributed by atoms with Crippen LogP contribution in [0, 0.1) is 11.7 Å². The van der Waals surface area contributed by atoms with Crippen molar-refractivity contribution in [3.63, 3.8) is 0 Å². The van der Waals surface area contributed by atoms with Crippen LogP contribution in [0.3, 0.4) is 0 Å². The lowest BCUT2D eigenvalue weighted by Crippen LogP contribution is -2.42. The van der Waals surface area contributed by atoms with Crippen LogP contribution < -0.4 is 4.80 Å². The molecule has 8 nitrogen and oxygen atoms in total. The minimum atomic E-state index is -3.88. The molecule has 1 atom stereocenters. The fourth-order valence-electron chi connectivity index (χ4n) is 3.92. The van der Waals surface area contributed by atoms with E-state index in [1.165, 1.54) is 27.8 Å². The minimum Gasteiger partial charge on any atom is -0.465 e. The van der Waals surface area contributed by atoms with Gasteiger partial charge >= 0.3 is 5.97 Å². The van der Waals surface area contributed by atoms with Crippen LogP contribution in [0.2, 0.25) is 5.02 Å². The number of ether oxygens (including phenoxy) is 1. The molecule has 1 fully saturated rings. The fraction of sp³-hybridized carbons (Fsp3) is 0.348. The molecule has 1 amide bonds. The number of fused-ring (bicyclic) bond motifs is 1. The second kappa shape index (κ2) is 10.6. The molecule has 0 bridgehead atoms. The van der Waals surface area contributed by atoms with Crippen molar-refractivity contribution >= 4 is 55.1 Å². The maximum atomic E-state index is 13.2. The number of sulfonamides is 1. The fourth-order valence-corrected chi connectivity index (χ4v) is 6.76. The Morgan fingerprint density at radius 2 is 1.97 bits per heavy atom. The first kappa shape index (κ1) is 25.5. The van der Waals surface area contributed by atoms with Gasteiger partial charge in [-0.3, -0.25) is 9.59 Å². The molecule has 1 aromatic heterocycles. The SMILES string of the molecule is CCOC(=O)Cn1c(=NC(=O)C2CCCN(S(=O)(=O)c3ccc(F)cc3)C2)sc2cc(Cl)ccc21. The van der Waals surface area contributed by atoms with Gasteiger partial charge < -0.3 is 9.30 Å². The number of aromatic nitrogens is 1. The average molecular weight is 540 g/mol. The smallest absolute Gasteiger partial charge is 0.326 e. The number of hydrogen-bond donors (Lipinski definition) is 0. The summed E-state index contributed by atoms with van der Waals surface area (Å²) < 4.78 is 47.9. The van der Waals surface area contributed by atoms with Gasteiger partial charge in [-0.15, -0.1) is 0 Å². The molecule has 0 N–H and O–H groups in total. The molecule has 1 aliphatic heterocycles. The summed E-state index contributed by atoms with van der Waals surface area (Å²) in [5.74, 6) is -2.12. The summed E-state index contributed by atoms with van der Waals surface area (Å²) in [6.45, 7) is 2.03. The van der Waals surface area contributed by atoms with Gasteiger partial charge in [0.05, 0.1) is 27.6 Å². The first-order valence-corrected chi connectivity index (χ1v) is 13.6. The van der Waals surface area contributed by atoms with E-state index < -0.39 is 33.6 Å². The molecule has 186 valence electrons. The Morgan fingerprint density at radius 1 is 1.23 bits per heavy atom. The van der Waals surface area contributed by atoms with E-state index in [1.807, 2.05) is 0 Å². The predicted molar refractivity (Wildman–Crippen MR) is 130 cm³/mol. The van der Waals surface area contributed by atoms with Crippen LogP contribution in [0.25, 0.3) is 10.2 Å². The van der Waals surface area contributed by atoms with E-state index in [0.717, 1.165) is 16.8 Å². The Labute approximate surface area is 210 Å². The van der Waals surface area contributed by atoms with Crippen molar-refractivity contribution in [2.24, 2.45) is 10.9 Å². The van der Waals surface area contributed by atoms with Crippen molar-refractivity contribution in [3.8, 4) is 0 Å². The van der Waals surface area contributed by atoms with Crippen LogP contribution in [-0.2, 0) is 30.9 Å². The highest BCUT2D eigenvalue weighted by molar-refractivity contribution is 7.89. The predicted octanol–water partition coefficient (Wildman–Crippen LogP) is 3.59. The Morgan fingerprint density at radius 3 is 2.69 bits per heavy atom. The molecule has 35 heavy (non-hydrogen) atoms.